The van der Waals surface area contributed by atoms with E-state index >= 15 is 0 Å². The molecule has 92 valence electrons. The Morgan fingerprint density at radius 2 is 1.88 bits per heavy atom. The summed E-state index contributed by atoms with van der Waals surface area (Å²) in [7, 11) is 0. The highest BCUT2D eigenvalue weighted by atomic mass is 32.2. The number of aliphatic carboxylic acids is 1. The number of hydrogen-bond acceptors (Lipinski definition) is 3. The molecule has 0 spiro atoms. The number of rotatable bonds is 5. The molecule has 0 aliphatic heterocycles. The Kier molecular flexibility index (Phi) is 5.22. The second kappa shape index (κ2) is 6.45. The third kappa shape index (κ3) is 4.61. The van der Waals surface area contributed by atoms with Gasteiger partial charge >= 0.3 is 5.97 Å². The van der Waals surface area contributed by atoms with Crippen LogP contribution >= 0.6 is 11.8 Å². The van der Waals surface area contributed by atoms with Gasteiger partial charge in [0.15, 0.2) is 5.12 Å². The standard InChI is InChI=1S/C13H16O3S/c1-9(17-10(2)14)12(13(15)16)8-11-6-4-3-5-7-11/h3-7,9,12H,8H2,1-2H3,(H,15,16). The molecular weight excluding hydrogens is 236 g/mol. The minimum absolute atomic E-state index is 0.0446. The van der Waals surface area contributed by atoms with E-state index in [9.17, 15) is 14.7 Å². The Balaban J connectivity index is 2.73. The van der Waals surface area contributed by atoms with Crippen molar-refractivity contribution in [3.63, 3.8) is 0 Å². The lowest BCUT2D eigenvalue weighted by atomic mass is 9.97. The van der Waals surface area contributed by atoms with Crippen molar-refractivity contribution in [3.05, 3.63) is 35.9 Å². The van der Waals surface area contributed by atoms with E-state index in [0.29, 0.717) is 6.42 Å². The molecule has 3 nitrogen and oxygen atoms in total. The molecule has 17 heavy (non-hydrogen) atoms. The molecular formula is C13H16O3S. The quantitative estimate of drug-likeness (QED) is 0.875. The molecule has 0 aliphatic carbocycles. The number of carbonyl (C=O) groups excluding carboxylic acids is 1. The fraction of sp³-hybridized carbons (Fsp3) is 0.385. The second-order valence-electron chi connectivity index (χ2n) is 3.95. The van der Waals surface area contributed by atoms with Gasteiger partial charge in [0, 0.05) is 12.2 Å². The first-order valence-corrected chi connectivity index (χ1v) is 6.32. The van der Waals surface area contributed by atoms with Crippen LogP contribution in [-0.4, -0.2) is 21.4 Å². The highest BCUT2D eigenvalue weighted by molar-refractivity contribution is 8.14. The summed E-state index contributed by atoms with van der Waals surface area (Å²) in [6.45, 7) is 3.25. The van der Waals surface area contributed by atoms with Gasteiger partial charge in [-0.15, -0.1) is 0 Å². The van der Waals surface area contributed by atoms with Crippen LogP contribution in [0.1, 0.15) is 19.4 Å². The largest absolute Gasteiger partial charge is 0.481 e. The summed E-state index contributed by atoms with van der Waals surface area (Å²) in [5.74, 6) is -1.39. The lowest BCUT2D eigenvalue weighted by Gasteiger charge is -2.18. The van der Waals surface area contributed by atoms with E-state index < -0.39 is 11.9 Å². The molecule has 1 N–H and O–H groups in total. The van der Waals surface area contributed by atoms with Crippen LogP contribution in [0.3, 0.4) is 0 Å². The van der Waals surface area contributed by atoms with Crippen molar-refractivity contribution < 1.29 is 14.7 Å². The van der Waals surface area contributed by atoms with Crippen LogP contribution in [0.5, 0.6) is 0 Å². The Bertz CT molecular complexity index is 389. The van der Waals surface area contributed by atoms with E-state index in [2.05, 4.69) is 0 Å². The van der Waals surface area contributed by atoms with Crippen LogP contribution in [-0.2, 0) is 16.0 Å². The molecule has 0 bridgehead atoms. The van der Waals surface area contributed by atoms with Crippen molar-refractivity contribution in [1.29, 1.82) is 0 Å². The number of carboxylic acid groups (broad SMARTS) is 1. The van der Waals surface area contributed by atoms with Crippen molar-refractivity contribution in [2.45, 2.75) is 25.5 Å². The van der Waals surface area contributed by atoms with Crippen molar-refractivity contribution >= 4 is 22.8 Å². The van der Waals surface area contributed by atoms with Gasteiger partial charge in [-0.3, -0.25) is 9.59 Å². The summed E-state index contributed by atoms with van der Waals surface area (Å²) in [6, 6.07) is 9.48. The molecule has 0 fully saturated rings. The summed E-state index contributed by atoms with van der Waals surface area (Å²) in [5, 5.41) is 8.93. The molecule has 4 heteroatoms. The molecule has 0 saturated heterocycles. The minimum atomic E-state index is -0.852. The van der Waals surface area contributed by atoms with Gasteiger partial charge in [0.2, 0.25) is 0 Å². The van der Waals surface area contributed by atoms with Crippen molar-refractivity contribution in [1.82, 2.24) is 0 Å². The number of hydrogen-bond donors (Lipinski definition) is 1. The van der Waals surface area contributed by atoms with Gasteiger partial charge in [-0.1, -0.05) is 49.0 Å². The molecule has 2 unspecified atom stereocenters. The highest BCUT2D eigenvalue weighted by Gasteiger charge is 2.26. The molecule has 0 amide bonds. The van der Waals surface area contributed by atoms with E-state index in [4.69, 9.17) is 0 Å². The Labute approximate surface area is 105 Å². The Morgan fingerprint density at radius 3 is 2.35 bits per heavy atom. The summed E-state index contributed by atoms with van der Waals surface area (Å²) in [4.78, 5) is 22.2. The van der Waals surface area contributed by atoms with Gasteiger partial charge in [0.1, 0.15) is 0 Å². The molecule has 0 aliphatic rings. The van der Waals surface area contributed by atoms with Crippen molar-refractivity contribution in [2.24, 2.45) is 5.92 Å². The zero-order valence-electron chi connectivity index (χ0n) is 9.92. The van der Waals surface area contributed by atoms with Crippen LogP contribution in [0.2, 0.25) is 0 Å². The molecule has 0 aromatic heterocycles. The third-order valence-electron chi connectivity index (χ3n) is 2.53. The molecule has 0 radical (unpaired) electrons. The number of benzene rings is 1. The van der Waals surface area contributed by atoms with Crippen LogP contribution < -0.4 is 0 Å². The topological polar surface area (TPSA) is 54.4 Å². The summed E-state index contributed by atoms with van der Waals surface area (Å²) >= 11 is 1.09. The van der Waals surface area contributed by atoms with E-state index in [0.717, 1.165) is 17.3 Å². The average Bonchev–Trinajstić information content (AvgIpc) is 2.25. The van der Waals surface area contributed by atoms with Crippen LogP contribution in [0, 0.1) is 5.92 Å². The fourth-order valence-corrected chi connectivity index (χ4v) is 2.57. The summed E-state index contributed by atoms with van der Waals surface area (Å²) in [5.41, 5.74) is 0.982. The third-order valence-corrected chi connectivity index (χ3v) is 3.57. The zero-order chi connectivity index (χ0) is 12.8. The normalized spacial score (nSPS) is 14.0. The molecule has 2 atom stereocenters. The highest BCUT2D eigenvalue weighted by Crippen LogP contribution is 2.23. The Hall–Kier alpha value is -1.29. The van der Waals surface area contributed by atoms with Crippen molar-refractivity contribution in [3.8, 4) is 0 Å². The van der Waals surface area contributed by atoms with Gasteiger partial charge < -0.3 is 5.11 Å². The Morgan fingerprint density at radius 1 is 1.29 bits per heavy atom. The zero-order valence-corrected chi connectivity index (χ0v) is 10.7. The van der Waals surface area contributed by atoms with Crippen LogP contribution in [0.25, 0.3) is 0 Å². The maximum atomic E-state index is 11.2. The maximum absolute atomic E-state index is 11.2. The van der Waals surface area contributed by atoms with Gasteiger partial charge in [-0.05, 0) is 12.0 Å². The first-order valence-electron chi connectivity index (χ1n) is 5.44. The monoisotopic (exact) mass is 252 g/mol. The van der Waals surface area contributed by atoms with Crippen LogP contribution in [0.15, 0.2) is 30.3 Å². The second-order valence-corrected chi connectivity index (χ2v) is 5.50. The van der Waals surface area contributed by atoms with E-state index in [1.807, 2.05) is 30.3 Å². The minimum Gasteiger partial charge on any atom is -0.481 e. The summed E-state index contributed by atoms with van der Waals surface area (Å²) in [6.07, 6.45) is 0.456. The first-order chi connectivity index (χ1) is 8.00. The van der Waals surface area contributed by atoms with E-state index in [1.165, 1.54) is 6.92 Å². The van der Waals surface area contributed by atoms with Gasteiger partial charge in [0.25, 0.3) is 0 Å². The average molecular weight is 252 g/mol. The molecule has 0 saturated carbocycles. The predicted molar refractivity (Wildman–Crippen MR) is 69.0 cm³/mol. The van der Waals surface area contributed by atoms with Gasteiger partial charge in [-0.25, -0.2) is 0 Å². The molecule has 1 rings (SSSR count). The van der Waals surface area contributed by atoms with E-state index in [-0.39, 0.29) is 10.4 Å². The van der Waals surface area contributed by atoms with Crippen LogP contribution in [0.4, 0.5) is 0 Å². The molecule has 1 aromatic rings. The number of thioether (sulfide) groups is 1. The summed E-state index contributed by atoms with van der Waals surface area (Å²) < 4.78 is 0. The number of carbonyl (C=O) groups is 2. The lowest BCUT2D eigenvalue weighted by Crippen LogP contribution is -2.26. The lowest BCUT2D eigenvalue weighted by molar-refractivity contribution is -0.141. The maximum Gasteiger partial charge on any atom is 0.307 e. The first kappa shape index (κ1) is 13.8. The predicted octanol–water partition coefficient (Wildman–Crippen LogP) is 2.60. The number of carboxylic acids is 1. The van der Waals surface area contributed by atoms with Crippen molar-refractivity contribution in [2.75, 3.05) is 0 Å². The van der Waals surface area contributed by atoms with Gasteiger partial charge in [-0.2, -0.15) is 0 Å². The molecule has 1 aromatic carbocycles. The van der Waals surface area contributed by atoms with E-state index in [1.54, 1.807) is 6.92 Å². The fourth-order valence-electron chi connectivity index (χ4n) is 1.67. The smallest absolute Gasteiger partial charge is 0.307 e. The SMILES string of the molecule is CC(=O)SC(C)C(Cc1ccccc1)C(=O)O. The molecule has 0 heterocycles. The van der Waals surface area contributed by atoms with Gasteiger partial charge in [0.05, 0.1) is 5.92 Å².